The fourth-order valence-electron chi connectivity index (χ4n) is 4.32. The summed E-state index contributed by atoms with van der Waals surface area (Å²) >= 11 is 1.98. The van der Waals surface area contributed by atoms with E-state index in [1.54, 1.807) is 6.07 Å². The SMILES string of the molecule is NCCCn1cc(-c2ccc(OC(F)(F)F)cc2CN)c2cc(CN3CCSCC3)ccc21. The summed E-state index contributed by atoms with van der Waals surface area (Å²) < 4.78 is 44.4. The molecule has 0 bridgehead atoms. The number of nitrogens with two attached hydrogens (primary N) is 2. The van der Waals surface area contributed by atoms with Gasteiger partial charge in [-0.25, -0.2) is 0 Å². The predicted molar refractivity (Wildman–Crippen MR) is 128 cm³/mol. The van der Waals surface area contributed by atoms with Gasteiger partial charge in [0, 0.05) is 66.9 Å². The number of ether oxygens (including phenoxy) is 1. The van der Waals surface area contributed by atoms with Crippen LogP contribution in [-0.4, -0.2) is 47.0 Å². The first-order valence-corrected chi connectivity index (χ1v) is 12.2. The van der Waals surface area contributed by atoms with Crippen molar-refractivity contribution < 1.29 is 17.9 Å². The van der Waals surface area contributed by atoms with Gasteiger partial charge in [0.25, 0.3) is 0 Å². The summed E-state index contributed by atoms with van der Waals surface area (Å²) in [6.07, 6.45) is -1.85. The van der Waals surface area contributed by atoms with Crippen LogP contribution >= 0.6 is 11.8 Å². The molecule has 4 N–H and O–H groups in total. The van der Waals surface area contributed by atoms with E-state index in [-0.39, 0.29) is 12.3 Å². The average Bonchev–Trinajstić information content (AvgIpc) is 3.15. The molecule has 0 radical (unpaired) electrons. The van der Waals surface area contributed by atoms with Crippen LogP contribution in [0.2, 0.25) is 0 Å². The van der Waals surface area contributed by atoms with Crippen molar-refractivity contribution in [2.24, 2.45) is 11.5 Å². The van der Waals surface area contributed by atoms with Gasteiger partial charge in [-0.2, -0.15) is 11.8 Å². The number of hydrogen-bond donors (Lipinski definition) is 2. The first-order valence-electron chi connectivity index (χ1n) is 11.1. The summed E-state index contributed by atoms with van der Waals surface area (Å²) in [6, 6.07) is 10.9. The lowest BCUT2D eigenvalue weighted by Gasteiger charge is -2.26. The van der Waals surface area contributed by atoms with Crippen molar-refractivity contribution in [3.8, 4) is 16.9 Å². The minimum Gasteiger partial charge on any atom is -0.406 e. The van der Waals surface area contributed by atoms with Crippen LogP contribution in [0, 0.1) is 0 Å². The Bertz CT molecular complexity index is 1090. The molecule has 9 heteroatoms. The van der Waals surface area contributed by atoms with Gasteiger partial charge in [-0.3, -0.25) is 4.90 Å². The number of aromatic nitrogens is 1. The van der Waals surface area contributed by atoms with Crippen LogP contribution in [0.3, 0.4) is 0 Å². The van der Waals surface area contributed by atoms with E-state index in [2.05, 4.69) is 38.6 Å². The van der Waals surface area contributed by atoms with E-state index in [4.69, 9.17) is 11.5 Å². The molecule has 4 rings (SSSR count). The third-order valence-electron chi connectivity index (χ3n) is 5.88. The monoisotopic (exact) mass is 478 g/mol. The number of alkyl halides is 3. The Morgan fingerprint density at radius 1 is 1.00 bits per heavy atom. The van der Waals surface area contributed by atoms with Gasteiger partial charge in [0.05, 0.1) is 0 Å². The summed E-state index contributed by atoms with van der Waals surface area (Å²) in [6.45, 7) is 4.48. The first kappa shape index (κ1) is 23.9. The highest BCUT2D eigenvalue weighted by Gasteiger charge is 2.31. The number of fused-ring (bicyclic) bond motifs is 1. The smallest absolute Gasteiger partial charge is 0.406 e. The molecule has 1 saturated heterocycles. The predicted octanol–water partition coefficient (Wildman–Crippen LogP) is 4.56. The lowest BCUT2D eigenvalue weighted by Crippen LogP contribution is -2.31. The number of nitrogens with zero attached hydrogens (tertiary/aromatic N) is 2. The maximum atomic E-state index is 12.7. The molecule has 1 aliphatic rings. The number of aryl methyl sites for hydroxylation is 1. The molecule has 0 spiro atoms. The Morgan fingerprint density at radius 2 is 1.79 bits per heavy atom. The maximum Gasteiger partial charge on any atom is 0.573 e. The standard InChI is InChI=1S/C24H29F3N4OS/c25-24(26,27)32-19-3-4-20(18(13-19)14-29)22-16-31(7-1-6-28)23-5-2-17(12-21(22)23)15-30-8-10-33-11-9-30/h2-5,12-13,16H,1,6-11,14-15,28-29H2. The van der Waals surface area contributed by atoms with Crippen LogP contribution in [0.1, 0.15) is 17.5 Å². The molecule has 1 fully saturated rings. The summed E-state index contributed by atoms with van der Waals surface area (Å²) in [5.74, 6) is 2.03. The van der Waals surface area contributed by atoms with Crippen LogP contribution < -0.4 is 16.2 Å². The zero-order valence-corrected chi connectivity index (χ0v) is 19.2. The van der Waals surface area contributed by atoms with Gasteiger partial charge in [-0.05, 0) is 53.9 Å². The Kier molecular flexibility index (Phi) is 7.53. The molecule has 5 nitrogen and oxygen atoms in total. The quantitative estimate of drug-likeness (QED) is 0.497. The van der Waals surface area contributed by atoms with Crippen molar-refractivity contribution in [3.63, 3.8) is 0 Å². The number of rotatable bonds is 8. The molecular weight excluding hydrogens is 449 g/mol. The molecule has 0 unspecified atom stereocenters. The highest BCUT2D eigenvalue weighted by Crippen LogP contribution is 2.36. The molecular formula is C24H29F3N4OS. The van der Waals surface area contributed by atoms with Gasteiger partial charge >= 0.3 is 6.36 Å². The van der Waals surface area contributed by atoms with Crippen LogP contribution in [0.15, 0.2) is 42.6 Å². The summed E-state index contributed by atoms with van der Waals surface area (Å²) in [5, 5.41) is 1.06. The van der Waals surface area contributed by atoms with Crippen molar-refractivity contribution in [2.75, 3.05) is 31.1 Å². The maximum absolute atomic E-state index is 12.7. The molecule has 1 aliphatic heterocycles. The van der Waals surface area contributed by atoms with Crippen LogP contribution in [0.25, 0.3) is 22.0 Å². The zero-order chi connectivity index (χ0) is 23.4. The fourth-order valence-corrected chi connectivity index (χ4v) is 5.30. The Labute approximate surface area is 195 Å². The van der Waals surface area contributed by atoms with Gasteiger partial charge in [0.15, 0.2) is 0 Å². The van der Waals surface area contributed by atoms with Crippen molar-refractivity contribution >= 4 is 22.7 Å². The van der Waals surface area contributed by atoms with E-state index < -0.39 is 6.36 Å². The van der Waals surface area contributed by atoms with Crippen molar-refractivity contribution in [1.29, 1.82) is 0 Å². The molecule has 0 amide bonds. The van der Waals surface area contributed by atoms with Crippen LogP contribution in [0.4, 0.5) is 13.2 Å². The first-order chi connectivity index (χ1) is 15.9. The lowest BCUT2D eigenvalue weighted by atomic mass is 9.98. The summed E-state index contributed by atoms with van der Waals surface area (Å²) in [7, 11) is 0. The summed E-state index contributed by atoms with van der Waals surface area (Å²) in [5.41, 5.74) is 16.3. The van der Waals surface area contributed by atoms with Crippen LogP contribution in [-0.2, 0) is 19.6 Å². The van der Waals surface area contributed by atoms with Gasteiger partial charge in [-0.1, -0.05) is 12.1 Å². The Balaban J connectivity index is 1.75. The topological polar surface area (TPSA) is 69.4 Å². The normalized spacial score (nSPS) is 15.3. The number of benzene rings is 2. The van der Waals surface area contributed by atoms with E-state index in [9.17, 15) is 13.2 Å². The second-order valence-corrected chi connectivity index (χ2v) is 9.41. The van der Waals surface area contributed by atoms with Gasteiger partial charge in [-0.15, -0.1) is 13.2 Å². The van der Waals surface area contributed by atoms with Crippen molar-refractivity contribution in [1.82, 2.24) is 9.47 Å². The third kappa shape index (κ3) is 5.84. The van der Waals surface area contributed by atoms with Gasteiger partial charge in [0.1, 0.15) is 5.75 Å². The molecule has 3 aromatic rings. The largest absolute Gasteiger partial charge is 0.573 e. The van der Waals surface area contributed by atoms with E-state index in [0.29, 0.717) is 12.1 Å². The molecule has 0 atom stereocenters. The fraction of sp³-hybridized carbons (Fsp3) is 0.417. The van der Waals surface area contributed by atoms with E-state index in [1.165, 1.54) is 17.7 Å². The summed E-state index contributed by atoms with van der Waals surface area (Å²) in [4.78, 5) is 2.46. The van der Waals surface area contributed by atoms with E-state index in [0.717, 1.165) is 66.1 Å². The van der Waals surface area contributed by atoms with E-state index >= 15 is 0 Å². The van der Waals surface area contributed by atoms with E-state index in [1.807, 2.05) is 11.8 Å². The Morgan fingerprint density at radius 3 is 2.48 bits per heavy atom. The second kappa shape index (κ2) is 10.4. The Hall–Kier alpha value is -2.20. The highest BCUT2D eigenvalue weighted by atomic mass is 32.2. The molecule has 0 aliphatic carbocycles. The average molecular weight is 479 g/mol. The third-order valence-corrected chi connectivity index (χ3v) is 6.82. The van der Waals surface area contributed by atoms with Crippen LogP contribution in [0.5, 0.6) is 5.75 Å². The van der Waals surface area contributed by atoms with Crippen molar-refractivity contribution in [2.45, 2.75) is 32.4 Å². The molecule has 33 heavy (non-hydrogen) atoms. The minimum atomic E-state index is -4.74. The molecule has 2 aromatic carbocycles. The molecule has 0 saturated carbocycles. The number of thioether (sulfide) groups is 1. The highest BCUT2D eigenvalue weighted by molar-refractivity contribution is 7.99. The minimum absolute atomic E-state index is 0.102. The number of hydrogen-bond acceptors (Lipinski definition) is 5. The van der Waals surface area contributed by atoms with Gasteiger partial charge in [0.2, 0.25) is 0 Å². The lowest BCUT2D eigenvalue weighted by molar-refractivity contribution is -0.274. The molecule has 1 aromatic heterocycles. The number of halogens is 3. The zero-order valence-electron chi connectivity index (χ0n) is 18.4. The van der Waals surface area contributed by atoms with Crippen molar-refractivity contribution in [3.05, 3.63) is 53.7 Å². The second-order valence-electron chi connectivity index (χ2n) is 8.19. The molecule has 178 valence electrons. The van der Waals surface area contributed by atoms with Gasteiger partial charge < -0.3 is 20.8 Å². The molecule has 2 heterocycles.